The minimum atomic E-state index is -0.253. The Morgan fingerprint density at radius 3 is 2.67 bits per heavy atom. The fourth-order valence-electron chi connectivity index (χ4n) is 1.92. The molecule has 94 valence electrons. The molecule has 0 saturated carbocycles. The summed E-state index contributed by atoms with van der Waals surface area (Å²) in [7, 11) is 1.97. The van der Waals surface area contributed by atoms with Gasteiger partial charge in [-0.05, 0) is 48.4 Å². The van der Waals surface area contributed by atoms with Crippen molar-refractivity contribution in [3.05, 3.63) is 59.4 Å². The summed E-state index contributed by atoms with van der Waals surface area (Å²) in [4.78, 5) is 2.05. The molecule has 0 saturated heterocycles. The zero-order chi connectivity index (χ0) is 13.1. The molecule has 0 aliphatic carbocycles. The highest BCUT2D eigenvalue weighted by Crippen LogP contribution is 2.20. The molecule has 2 N–H and O–H groups in total. The van der Waals surface area contributed by atoms with E-state index in [1.807, 2.05) is 32.2 Å². The lowest BCUT2D eigenvalue weighted by Gasteiger charge is -2.20. The molecule has 18 heavy (non-hydrogen) atoms. The number of benzene rings is 2. The summed E-state index contributed by atoms with van der Waals surface area (Å²) in [5.74, 6) is -0.253. The Labute approximate surface area is 107 Å². The first kappa shape index (κ1) is 12.4. The second kappa shape index (κ2) is 5.08. The molecule has 2 rings (SSSR count). The van der Waals surface area contributed by atoms with Gasteiger partial charge in [0.1, 0.15) is 5.82 Å². The molecule has 0 amide bonds. The van der Waals surface area contributed by atoms with Gasteiger partial charge in [-0.15, -0.1) is 0 Å². The lowest BCUT2D eigenvalue weighted by Crippen LogP contribution is -2.17. The second-order valence-corrected chi connectivity index (χ2v) is 4.54. The first-order valence-electron chi connectivity index (χ1n) is 5.88. The van der Waals surface area contributed by atoms with Gasteiger partial charge < -0.3 is 10.6 Å². The largest absolute Gasteiger partial charge is 0.398 e. The van der Waals surface area contributed by atoms with Crippen LogP contribution in [0.1, 0.15) is 11.1 Å². The number of nitrogens with zero attached hydrogens (tertiary/aromatic N) is 1. The molecule has 0 unspecified atom stereocenters. The van der Waals surface area contributed by atoms with Gasteiger partial charge in [0.25, 0.3) is 0 Å². The van der Waals surface area contributed by atoms with Crippen LogP contribution >= 0.6 is 0 Å². The highest BCUT2D eigenvalue weighted by atomic mass is 19.1. The Balaban J connectivity index is 2.21. The first-order chi connectivity index (χ1) is 8.56. The van der Waals surface area contributed by atoms with Crippen LogP contribution in [0.5, 0.6) is 0 Å². The average molecular weight is 244 g/mol. The van der Waals surface area contributed by atoms with Crippen molar-refractivity contribution in [2.75, 3.05) is 17.7 Å². The number of aryl methyl sites for hydroxylation is 1. The molecule has 0 fully saturated rings. The van der Waals surface area contributed by atoms with Crippen molar-refractivity contribution in [3.63, 3.8) is 0 Å². The van der Waals surface area contributed by atoms with Gasteiger partial charge in [0, 0.05) is 25.0 Å². The summed E-state index contributed by atoms with van der Waals surface area (Å²) < 4.78 is 13.2. The Kier molecular flexibility index (Phi) is 3.51. The molecule has 2 nitrogen and oxygen atoms in total. The van der Waals surface area contributed by atoms with E-state index in [1.54, 1.807) is 6.07 Å². The van der Waals surface area contributed by atoms with E-state index in [1.165, 1.54) is 17.7 Å². The zero-order valence-electron chi connectivity index (χ0n) is 10.7. The maximum absolute atomic E-state index is 13.2. The predicted octanol–water partition coefficient (Wildman–Crippen LogP) is 3.35. The molecule has 0 radical (unpaired) electrons. The van der Waals surface area contributed by atoms with Gasteiger partial charge in [-0.3, -0.25) is 0 Å². The molecule has 2 aromatic rings. The molecule has 3 heteroatoms. The van der Waals surface area contributed by atoms with Gasteiger partial charge in [0.05, 0.1) is 0 Å². The predicted molar refractivity (Wildman–Crippen MR) is 74.1 cm³/mol. The minimum Gasteiger partial charge on any atom is -0.398 e. The number of halogens is 1. The highest BCUT2D eigenvalue weighted by molar-refractivity contribution is 5.52. The SMILES string of the molecule is Cc1cccc(N(C)Cc2cc(F)ccc2N)c1. The van der Waals surface area contributed by atoms with Crippen molar-refractivity contribution in [1.29, 1.82) is 0 Å². The Hall–Kier alpha value is -2.03. The first-order valence-corrected chi connectivity index (χ1v) is 5.88. The van der Waals surface area contributed by atoms with E-state index >= 15 is 0 Å². The fraction of sp³-hybridized carbons (Fsp3) is 0.200. The lowest BCUT2D eigenvalue weighted by molar-refractivity contribution is 0.625. The molecular weight excluding hydrogens is 227 g/mol. The van der Waals surface area contributed by atoms with Gasteiger partial charge in [0.15, 0.2) is 0 Å². The van der Waals surface area contributed by atoms with E-state index in [0.29, 0.717) is 12.2 Å². The van der Waals surface area contributed by atoms with Gasteiger partial charge >= 0.3 is 0 Å². The van der Waals surface area contributed by atoms with Crippen molar-refractivity contribution in [3.8, 4) is 0 Å². The van der Waals surface area contributed by atoms with Crippen LogP contribution in [-0.4, -0.2) is 7.05 Å². The Morgan fingerprint density at radius 1 is 1.17 bits per heavy atom. The third kappa shape index (κ3) is 2.80. The van der Waals surface area contributed by atoms with E-state index in [2.05, 4.69) is 11.0 Å². The van der Waals surface area contributed by atoms with Crippen molar-refractivity contribution in [1.82, 2.24) is 0 Å². The van der Waals surface area contributed by atoms with Crippen molar-refractivity contribution in [2.24, 2.45) is 0 Å². The van der Waals surface area contributed by atoms with Crippen LogP contribution < -0.4 is 10.6 Å². The van der Waals surface area contributed by atoms with E-state index in [-0.39, 0.29) is 5.82 Å². The summed E-state index contributed by atoms with van der Waals surface area (Å²) in [6.07, 6.45) is 0. The van der Waals surface area contributed by atoms with Crippen LogP contribution in [0, 0.1) is 12.7 Å². The molecule has 0 aliphatic heterocycles. The van der Waals surface area contributed by atoms with E-state index in [9.17, 15) is 4.39 Å². The second-order valence-electron chi connectivity index (χ2n) is 4.54. The number of hydrogen-bond donors (Lipinski definition) is 1. The van der Waals surface area contributed by atoms with Crippen LogP contribution in [-0.2, 0) is 6.54 Å². The average Bonchev–Trinajstić information content (AvgIpc) is 2.34. The number of hydrogen-bond acceptors (Lipinski definition) is 2. The molecular formula is C15H17FN2. The third-order valence-electron chi connectivity index (χ3n) is 2.95. The normalized spacial score (nSPS) is 10.4. The molecule has 0 spiro atoms. The maximum Gasteiger partial charge on any atom is 0.123 e. The van der Waals surface area contributed by atoms with E-state index in [0.717, 1.165) is 11.3 Å². The summed E-state index contributed by atoms with van der Waals surface area (Å²) >= 11 is 0. The minimum absolute atomic E-state index is 0.253. The van der Waals surface area contributed by atoms with Crippen LogP contribution in [0.25, 0.3) is 0 Å². The van der Waals surface area contributed by atoms with Crippen LogP contribution in [0.2, 0.25) is 0 Å². The molecule has 0 bridgehead atoms. The van der Waals surface area contributed by atoms with Gasteiger partial charge in [-0.2, -0.15) is 0 Å². The van der Waals surface area contributed by atoms with E-state index in [4.69, 9.17) is 5.73 Å². The molecule has 0 aliphatic rings. The standard InChI is InChI=1S/C15H17FN2/c1-11-4-3-5-14(8-11)18(2)10-12-9-13(16)6-7-15(12)17/h3-9H,10,17H2,1-2H3. The summed E-state index contributed by atoms with van der Waals surface area (Å²) in [6.45, 7) is 2.64. The van der Waals surface area contributed by atoms with Gasteiger partial charge in [-0.25, -0.2) is 4.39 Å². The lowest BCUT2D eigenvalue weighted by atomic mass is 10.1. The Bertz CT molecular complexity index is 552. The topological polar surface area (TPSA) is 29.3 Å². The summed E-state index contributed by atoms with van der Waals surface area (Å²) in [5, 5.41) is 0. The zero-order valence-corrected chi connectivity index (χ0v) is 10.7. The van der Waals surface area contributed by atoms with Crippen LogP contribution in [0.3, 0.4) is 0 Å². The molecule has 2 aromatic carbocycles. The number of anilines is 2. The smallest absolute Gasteiger partial charge is 0.123 e. The van der Waals surface area contributed by atoms with Crippen molar-refractivity contribution in [2.45, 2.75) is 13.5 Å². The quantitative estimate of drug-likeness (QED) is 0.839. The van der Waals surface area contributed by atoms with Gasteiger partial charge in [0.2, 0.25) is 0 Å². The number of nitrogens with two attached hydrogens (primary N) is 1. The van der Waals surface area contributed by atoms with Crippen molar-refractivity contribution >= 4 is 11.4 Å². The number of nitrogen functional groups attached to an aromatic ring is 1. The van der Waals surface area contributed by atoms with Gasteiger partial charge in [-0.1, -0.05) is 12.1 Å². The van der Waals surface area contributed by atoms with Crippen LogP contribution in [0.4, 0.5) is 15.8 Å². The summed E-state index contributed by atoms with van der Waals surface area (Å²) in [5.41, 5.74) is 9.57. The fourth-order valence-corrected chi connectivity index (χ4v) is 1.92. The molecule has 0 heterocycles. The van der Waals surface area contributed by atoms with E-state index < -0.39 is 0 Å². The number of rotatable bonds is 3. The maximum atomic E-state index is 13.2. The third-order valence-corrected chi connectivity index (χ3v) is 2.95. The molecule has 0 atom stereocenters. The highest BCUT2D eigenvalue weighted by Gasteiger charge is 2.06. The van der Waals surface area contributed by atoms with Crippen molar-refractivity contribution < 1.29 is 4.39 Å². The molecule has 0 aromatic heterocycles. The summed E-state index contributed by atoms with van der Waals surface area (Å²) in [6, 6.07) is 12.7. The Morgan fingerprint density at radius 2 is 1.94 bits per heavy atom. The monoisotopic (exact) mass is 244 g/mol. The van der Waals surface area contributed by atoms with Crippen LogP contribution in [0.15, 0.2) is 42.5 Å².